The van der Waals surface area contributed by atoms with Crippen molar-refractivity contribution in [3.63, 3.8) is 0 Å². The minimum Gasteiger partial charge on any atom is -0.444 e. The second-order valence-corrected chi connectivity index (χ2v) is 11.0. The number of fused-ring (bicyclic) bond motifs is 2. The summed E-state index contributed by atoms with van der Waals surface area (Å²) < 4.78 is 21.6. The largest absolute Gasteiger partial charge is 0.444 e. The third kappa shape index (κ3) is 5.34. The molecule has 1 N–H and O–H groups in total. The lowest BCUT2D eigenvalue weighted by atomic mass is 10.1. The molecule has 3 aromatic heterocycles. The van der Waals surface area contributed by atoms with Gasteiger partial charge in [-0.15, -0.1) is 0 Å². The number of ether oxygens (including phenoxy) is 1. The first-order chi connectivity index (χ1) is 18.4. The topological polar surface area (TPSA) is 105 Å². The van der Waals surface area contributed by atoms with Crippen molar-refractivity contribution in [1.82, 2.24) is 24.3 Å². The SMILES string of the molecule is Cc1cnc2c(N3CCC(N(C)C(=O)OC(C)(C)C)C3)ccc(C(=O)Nc3cc(F)c4nc(C)cn4c3)c2n1. The third-order valence-corrected chi connectivity index (χ3v) is 6.66. The lowest BCUT2D eigenvalue weighted by molar-refractivity contribution is 0.0237. The van der Waals surface area contributed by atoms with Gasteiger partial charge in [0.1, 0.15) is 16.6 Å². The molecule has 2 amide bonds. The van der Waals surface area contributed by atoms with Crippen LogP contribution in [0.4, 0.5) is 20.6 Å². The van der Waals surface area contributed by atoms with E-state index < -0.39 is 17.3 Å². The van der Waals surface area contributed by atoms with Crippen LogP contribution in [0.3, 0.4) is 0 Å². The van der Waals surface area contributed by atoms with E-state index in [1.54, 1.807) is 47.9 Å². The van der Waals surface area contributed by atoms with E-state index in [4.69, 9.17) is 4.74 Å². The molecule has 0 bridgehead atoms. The molecule has 1 aliphatic heterocycles. The monoisotopic (exact) mass is 533 g/mol. The van der Waals surface area contributed by atoms with Crippen molar-refractivity contribution in [2.24, 2.45) is 0 Å². The van der Waals surface area contributed by atoms with E-state index in [1.165, 1.54) is 6.07 Å². The molecular formula is C28H32FN7O3. The van der Waals surface area contributed by atoms with Gasteiger partial charge in [0.25, 0.3) is 5.91 Å². The molecule has 39 heavy (non-hydrogen) atoms. The predicted octanol–water partition coefficient (Wildman–Crippen LogP) is 4.73. The van der Waals surface area contributed by atoms with Gasteiger partial charge in [0.15, 0.2) is 11.5 Å². The van der Waals surface area contributed by atoms with Gasteiger partial charge < -0.3 is 24.3 Å². The van der Waals surface area contributed by atoms with Gasteiger partial charge in [0.2, 0.25) is 0 Å². The summed E-state index contributed by atoms with van der Waals surface area (Å²) in [6.45, 7) is 10.4. The van der Waals surface area contributed by atoms with Gasteiger partial charge in [0.05, 0.1) is 34.4 Å². The normalized spacial score (nSPS) is 15.7. The third-order valence-electron chi connectivity index (χ3n) is 6.66. The number of carbonyl (C=O) groups excluding carboxylic acids is 2. The van der Waals surface area contributed by atoms with E-state index in [9.17, 15) is 14.0 Å². The Labute approximate surface area is 225 Å². The molecule has 5 rings (SSSR count). The number of hydrogen-bond acceptors (Lipinski definition) is 7. The van der Waals surface area contributed by atoms with Crippen LogP contribution in [-0.4, -0.2) is 68.0 Å². The molecule has 4 aromatic rings. The number of rotatable bonds is 4. The number of likely N-dealkylation sites (N-methyl/N-ethyl adjacent to an activating group) is 1. The van der Waals surface area contributed by atoms with Crippen molar-refractivity contribution >= 4 is 40.1 Å². The van der Waals surface area contributed by atoms with Crippen molar-refractivity contribution in [2.75, 3.05) is 30.4 Å². The van der Waals surface area contributed by atoms with Gasteiger partial charge in [-0.1, -0.05) is 0 Å². The van der Waals surface area contributed by atoms with E-state index >= 15 is 0 Å². The summed E-state index contributed by atoms with van der Waals surface area (Å²) in [5, 5.41) is 2.79. The number of pyridine rings is 1. The summed E-state index contributed by atoms with van der Waals surface area (Å²) in [4.78, 5) is 43.2. The highest BCUT2D eigenvalue weighted by molar-refractivity contribution is 6.13. The van der Waals surface area contributed by atoms with Gasteiger partial charge in [-0.2, -0.15) is 0 Å². The van der Waals surface area contributed by atoms with Crippen LogP contribution >= 0.6 is 0 Å². The number of hydrogen-bond donors (Lipinski definition) is 1. The van der Waals surface area contributed by atoms with Crippen molar-refractivity contribution in [2.45, 2.75) is 52.7 Å². The Morgan fingerprint density at radius 3 is 2.64 bits per heavy atom. The first kappa shape index (κ1) is 26.3. The van der Waals surface area contributed by atoms with Crippen LogP contribution in [0.2, 0.25) is 0 Å². The molecule has 1 aromatic carbocycles. The molecule has 11 heteroatoms. The number of nitrogens with one attached hydrogen (secondary N) is 1. The molecule has 1 unspecified atom stereocenters. The highest BCUT2D eigenvalue weighted by atomic mass is 19.1. The molecule has 204 valence electrons. The van der Waals surface area contributed by atoms with Gasteiger partial charge in [-0.05, 0) is 53.2 Å². The van der Waals surface area contributed by atoms with Crippen LogP contribution in [0.15, 0.2) is 36.8 Å². The molecule has 0 saturated carbocycles. The summed E-state index contributed by atoms with van der Waals surface area (Å²) >= 11 is 0. The standard InChI is InChI=1S/C28H32FN7O3/c1-16-12-30-24-22(35-10-9-19(15-35)34(6)27(38)39-28(3,4)5)8-7-20(23(24)31-16)26(37)33-18-11-21(29)25-32-17(2)13-36(25)14-18/h7-8,11-14,19H,9-10,15H2,1-6H3,(H,33,37). The van der Waals surface area contributed by atoms with Gasteiger partial charge in [-0.25, -0.2) is 19.2 Å². The smallest absolute Gasteiger partial charge is 0.410 e. The average molecular weight is 534 g/mol. The highest BCUT2D eigenvalue weighted by Gasteiger charge is 2.32. The maximum absolute atomic E-state index is 14.6. The maximum atomic E-state index is 14.6. The van der Waals surface area contributed by atoms with Gasteiger partial charge in [-0.3, -0.25) is 9.78 Å². The number of aryl methyl sites for hydroxylation is 2. The second kappa shape index (κ2) is 9.79. The summed E-state index contributed by atoms with van der Waals surface area (Å²) in [7, 11) is 1.75. The van der Waals surface area contributed by atoms with Crippen molar-refractivity contribution in [3.8, 4) is 0 Å². The van der Waals surface area contributed by atoms with Crippen LogP contribution in [0, 0.1) is 19.7 Å². The van der Waals surface area contributed by atoms with E-state index in [2.05, 4.69) is 25.2 Å². The molecule has 0 aliphatic carbocycles. The minimum absolute atomic E-state index is 0.0343. The maximum Gasteiger partial charge on any atom is 0.410 e. The zero-order valence-electron chi connectivity index (χ0n) is 22.9. The summed E-state index contributed by atoms with van der Waals surface area (Å²) in [6, 6.07) is 4.77. The Kier molecular flexibility index (Phi) is 6.61. The first-order valence-electron chi connectivity index (χ1n) is 12.8. The fourth-order valence-electron chi connectivity index (χ4n) is 4.82. The predicted molar refractivity (Wildman–Crippen MR) is 147 cm³/mol. The zero-order chi connectivity index (χ0) is 28.1. The Hall–Kier alpha value is -4.28. The Bertz CT molecular complexity index is 1590. The van der Waals surface area contributed by atoms with Crippen LogP contribution in [-0.2, 0) is 4.74 Å². The summed E-state index contributed by atoms with van der Waals surface area (Å²) in [5.41, 5.74) is 3.46. The average Bonchev–Trinajstić information content (AvgIpc) is 3.48. The summed E-state index contributed by atoms with van der Waals surface area (Å²) in [5.74, 6) is -0.956. The lowest BCUT2D eigenvalue weighted by Crippen LogP contribution is -2.42. The van der Waals surface area contributed by atoms with Gasteiger partial charge in [0, 0.05) is 44.8 Å². The van der Waals surface area contributed by atoms with Crippen LogP contribution in [0.25, 0.3) is 16.7 Å². The van der Waals surface area contributed by atoms with Crippen molar-refractivity contribution < 1.29 is 18.7 Å². The molecule has 0 spiro atoms. The van der Waals surface area contributed by atoms with Crippen LogP contribution < -0.4 is 10.2 Å². The molecule has 0 radical (unpaired) electrons. The fraction of sp³-hybridized carbons (Fsp3) is 0.393. The number of carbonyl (C=O) groups is 2. The Morgan fingerprint density at radius 2 is 1.90 bits per heavy atom. The Morgan fingerprint density at radius 1 is 1.13 bits per heavy atom. The molecular weight excluding hydrogens is 501 g/mol. The second-order valence-electron chi connectivity index (χ2n) is 11.0. The van der Waals surface area contributed by atoms with E-state index in [0.717, 1.165) is 12.1 Å². The number of nitrogens with zero attached hydrogens (tertiary/aromatic N) is 6. The van der Waals surface area contributed by atoms with Crippen molar-refractivity contribution in [1.29, 1.82) is 0 Å². The summed E-state index contributed by atoms with van der Waals surface area (Å²) in [6.07, 6.45) is 5.38. The molecule has 1 fully saturated rings. The number of amides is 2. The molecule has 1 atom stereocenters. The highest BCUT2D eigenvalue weighted by Crippen LogP contribution is 2.31. The number of aromatic nitrogens is 4. The van der Waals surface area contributed by atoms with Gasteiger partial charge >= 0.3 is 6.09 Å². The molecule has 4 heterocycles. The van der Waals surface area contributed by atoms with Crippen molar-refractivity contribution in [3.05, 3.63) is 59.6 Å². The van der Waals surface area contributed by atoms with Crippen LogP contribution in [0.1, 0.15) is 48.9 Å². The number of imidazole rings is 1. The number of benzene rings is 1. The minimum atomic E-state index is -0.571. The van der Waals surface area contributed by atoms with E-state index in [0.29, 0.717) is 46.8 Å². The van der Waals surface area contributed by atoms with E-state index in [-0.39, 0.29) is 17.8 Å². The van der Waals surface area contributed by atoms with Crippen LogP contribution in [0.5, 0.6) is 0 Å². The molecule has 10 nitrogen and oxygen atoms in total. The molecule has 1 aliphatic rings. The lowest BCUT2D eigenvalue weighted by Gasteiger charge is -2.29. The zero-order valence-corrected chi connectivity index (χ0v) is 22.9. The first-order valence-corrected chi connectivity index (χ1v) is 12.8. The number of halogens is 1. The molecule has 1 saturated heterocycles. The quantitative estimate of drug-likeness (QED) is 0.404. The Balaban J connectivity index is 1.41. The fourth-order valence-corrected chi connectivity index (χ4v) is 4.82. The number of anilines is 2. The van der Waals surface area contributed by atoms with E-state index in [1.807, 2.05) is 33.8 Å².